The first-order valence-corrected chi connectivity index (χ1v) is 7.58. The molecular weight excluding hydrogens is 266 g/mol. The molecule has 1 aliphatic heterocycles. The summed E-state index contributed by atoms with van der Waals surface area (Å²) in [5.74, 6) is 0.148. The number of hydrogen-bond acceptors (Lipinski definition) is 2. The lowest BCUT2D eigenvalue weighted by Crippen LogP contribution is -2.44. The summed E-state index contributed by atoms with van der Waals surface area (Å²) in [6, 6.07) is 8.36. The van der Waals surface area contributed by atoms with Crippen molar-refractivity contribution in [2.75, 3.05) is 13.1 Å². The average Bonchev–Trinajstić information content (AvgIpc) is 3.02. The molecule has 0 bridgehead atoms. The van der Waals surface area contributed by atoms with Crippen LogP contribution in [0.3, 0.4) is 0 Å². The number of nitrogens with one attached hydrogen (secondary N) is 2. The highest BCUT2D eigenvalue weighted by molar-refractivity contribution is 5.82. The Morgan fingerprint density at radius 2 is 1.90 bits per heavy atom. The van der Waals surface area contributed by atoms with Crippen molar-refractivity contribution in [3.8, 4) is 0 Å². The topological polar surface area (TPSA) is 61.4 Å². The highest BCUT2D eigenvalue weighted by atomic mass is 16.2. The molecule has 0 saturated carbocycles. The van der Waals surface area contributed by atoms with E-state index in [9.17, 15) is 9.59 Å². The summed E-state index contributed by atoms with van der Waals surface area (Å²) in [7, 11) is 0. The zero-order chi connectivity index (χ0) is 14.8. The molecule has 112 valence electrons. The second-order valence-corrected chi connectivity index (χ2v) is 5.78. The van der Waals surface area contributed by atoms with E-state index < -0.39 is 0 Å². The van der Waals surface area contributed by atoms with Gasteiger partial charge in [-0.2, -0.15) is 0 Å². The van der Waals surface area contributed by atoms with Crippen molar-refractivity contribution in [2.45, 2.75) is 38.3 Å². The highest BCUT2D eigenvalue weighted by Crippen LogP contribution is 2.28. The number of nitrogens with zero attached hydrogens (tertiary/aromatic N) is 1. The summed E-state index contributed by atoms with van der Waals surface area (Å²) in [5, 5.41) is 5.58. The Morgan fingerprint density at radius 1 is 1.24 bits per heavy atom. The van der Waals surface area contributed by atoms with E-state index >= 15 is 0 Å². The fourth-order valence-corrected chi connectivity index (χ4v) is 3.33. The van der Waals surface area contributed by atoms with E-state index in [1.54, 1.807) is 0 Å². The van der Waals surface area contributed by atoms with Gasteiger partial charge in [0.15, 0.2) is 0 Å². The molecule has 3 rings (SSSR count). The van der Waals surface area contributed by atoms with E-state index in [-0.39, 0.29) is 24.0 Å². The highest BCUT2D eigenvalue weighted by Gasteiger charge is 2.37. The Labute approximate surface area is 124 Å². The molecule has 1 aromatic carbocycles. The van der Waals surface area contributed by atoms with E-state index in [0.717, 1.165) is 12.8 Å². The van der Waals surface area contributed by atoms with Crippen LogP contribution in [-0.4, -0.2) is 42.0 Å². The van der Waals surface area contributed by atoms with Crippen molar-refractivity contribution < 1.29 is 9.59 Å². The minimum absolute atomic E-state index is 0.0761. The summed E-state index contributed by atoms with van der Waals surface area (Å²) in [5.41, 5.74) is 2.69. The molecule has 0 aromatic heterocycles. The van der Waals surface area contributed by atoms with E-state index in [4.69, 9.17) is 0 Å². The Kier molecular flexibility index (Phi) is 3.82. The smallest absolute Gasteiger partial charge is 0.315 e. The molecule has 1 unspecified atom stereocenters. The summed E-state index contributed by atoms with van der Waals surface area (Å²) in [6.45, 7) is 3.09. The fourth-order valence-electron chi connectivity index (χ4n) is 3.33. The number of carbonyl (C=O) groups excluding carboxylic acids is 2. The molecule has 1 fully saturated rings. The Bertz CT molecular complexity index is 533. The molecule has 0 spiro atoms. The number of fused-ring (bicyclic) bond motifs is 1. The number of carbonyl (C=O) groups is 2. The zero-order valence-corrected chi connectivity index (χ0v) is 12.3. The lowest BCUT2D eigenvalue weighted by atomic mass is 10.1. The molecule has 2 aliphatic rings. The van der Waals surface area contributed by atoms with Crippen LogP contribution in [0.2, 0.25) is 0 Å². The van der Waals surface area contributed by atoms with Gasteiger partial charge >= 0.3 is 6.03 Å². The molecule has 1 atom stereocenters. The maximum absolute atomic E-state index is 12.2. The second kappa shape index (κ2) is 5.76. The van der Waals surface area contributed by atoms with Crippen molar-refractivity contribution in [1.29, 1.82) is 0 Å². The van der Waals surface area contributed by atoms with Crippen LogP contribution in [0.25, 0.3) is 0 Å². The van der Waals surface area contributed by atoms with E-state index in [2.05, 4.69) is 22.8 Å². The number of urea groups is 1. The second-order valence-electron chi connectivity index (χ2n) is 5.78. The Morgan fingerprint density at radius 3 is 2.52 bits per heavy atom. The predicted molar refractivity (Wildman–Crippen MR) is 80.0 cm³/mol. The first-order valence-electron chi connectivity index (χ1n) is 7.58. The minimum Gasteiger partial charge on any atom is -0.338 e. The first kappa shape index (κ1) is 13.9. The number of hydrogen-bond donors (Lipinski definition) is 2. The fraction of sp³-hybridized carbons (Fsp3) is 0.500. The quantitative estimate of drug-likeness (QED) is 0.873. The molecule has 5 nitrogen and oxygen atoms in total. The van der Waals surface area contributed by atoms with Crippen LogP contribution in [0.5, 0.6) is 0 Å². The number of rotatable bonds is 3. The van der Waals surface area contributed by atoms with E-state index in [1.807, 2.05) is 24.0 Å². The maximum atomic E-state index is 12.2. The summed E-state index contributed by atoms with van der Waals surface area (Å²) < 4.78 is 0. The molecule has 21 heavy (non-hydrogen) atoms. The molecule has 1 heterocycles. The molecule has 3 amide bonds. The molecule has 5 heteroatoms. The summed E-state index contributed by atoms with van der Waals surface area (Å²) >= 11 is 0. The van der Waals surface area contributed by atoms with Gasteiger partial charge < -0.3 is 15.5 Å². The summed E-state index contributed by atoms with van der Waals surface area (Å²) in [6.07, 6.45) is 2.26. The van der Waals surface area contributed by atoms with Gasteiger partial charge in [-0.05, 0) is 30.9 Å². The van der Waals surface area contributed by atoms with E-state index in [1.165, 1.54) is 11.1 Å². The van der Waals surface area contributed by atoms with Gasteiger partial charge in [0, 0.05) is 25.6 Å². The third kappa shape index (κ3) is 2.86. The van der Waals surface area contributed by atoms with Gasteiger partial charge in [-0.1, -0.05) is 24.3 Å². The SMILES string of the molecule is CCNC(=O)NC1CC(=O)N(C2Cc3ccccc3C2)C1. The van der Waals surface area contributed by atoms with Crippen molar-refractivity contribution in [3.63, 3.8) is 0 Å². The molecule has 1 aliphatic carbocycles. The molecule has 1 aromatic rings. The van der Waals surface area contributed by atoms with Gasteiger partial charge in [-0.15, -0.1) is 0 Å². The van der Waals surface area contributed by atoms with Crippen molar-refractivity contribution >= 4 is 11.9 Å². The van der Waals surface area contributed by atoms with Gasteiger partial charge in [0.05, 0.1) is 6.04 Å². The zero-order valence-electron chi connectivity index (χ0n) is 12.3. The maximum Gasteiger partial charge on any atom is 0.315 e. The van der Waals surface area contributed by atoms with Gasteiger partial charge in [-0.25, -0.2) is 4.79 Å². The van der Waals surface area contributed by atoms with Crippen LogP contribution in [0.1, 0.15) is 24.5 Å². The lowest BCUT2D eigenvalue weighted by molar-refractivity contribution is -0.129. The van der Waals surface area contributed by atoms with Crippen LogP contribution < -0.4 is 10.6 Å². The van der Waals surface area contributed by atoms with Crippen molar-refractivity contribution in [1.82, 2.24) is 15.5 Å². The monoisotopic (exact) mass is 287 g/mol. The van der Waals surface area contributed by atoms with Crippen molar-refractivity contribution in [2.24, 2.45) is 0 Å². The van der Waals surface area contributed by atoms with Gasteiger partial charge in [-0.3, -0.25) is 4.79 Å². The Balaban J connectivity index is 1.61. The Hall–Kier alpha value is -2.04. The number of amides is 3. The lowest BCUT2D eigenvalue weighted by Gasteiger charge is -2.24. The average molecular weight is 287 g/mol. The van der Waals surface area contributed by atoms with Gasteiger partial charge in [0.25, 0.3) is 0 Å². The third-order valence-electron chi connectivity index (χ3n) is 4.30. The van der Waals surface area contributed by atoms with Crippen LogP contribution >= 0.6 is 0 Å². The number of benzene rings is 1. The number of likely N-dealkylation sites (tertiary alicyclic amines) is 1. The molecule has 0 radical (unpaired) electrons. The largest absolute Gasteiger partial charge is 0.338 e. The predicted octanol–water partition coefficient (Wildman–Crippen LogP) is 1.07. The standard InChI is InChI=1S/C16H21N3O2/c1-2-17-16(21)18-13-9-15(20)19(10-13)14-7-11-5-3-4-6-12(11)8-14/h3-6,13-14H,2,7-10H2,1H3,(H2,17,18,21). The molecule has 2 N–H and O–H groups in total. The summed E-state index contributed by atoms with van der Waals surface area (Å²) in [4.78, 5) is 25.7. The van der Waals surface area contributed by atoms with Crippen LogP contribution in [-0.2, 0) is 17.6 Å². The normalized spacial score (nSPS) is 21.5. The molecular formula is C16H21N3O2. The van der Waals surface area contributed by atoms with Crippen LogP contribution in [0, 0.1) is 0 Å². The van der Waals surface area contributed by atoms with Crippen LogP contribution in [0.4, 0.5) is 4.79 Å². The molecule has 1 saturated heterocycles. The minimum atomic E-state index is -0.188. The third-order valence-corrected chi connectivity index (χ3v) is 4.30. The van der Waals surface area contributed by atoms with Crippen molar-refractivity contribution in [3.05, 3.63) is 35.4 Å². The van der Waals surface area contributed by atoms with Gasteiger partial charge in [0.1, 0.15) is 0 Å². The first-order chi connectivity index (χ1) is 10.2. The van der Waals surface area contributed by atoms with Gasteiger partial charge in [0.2, 0.25) is 5.91 Å². The van der Waals surface area contributed by atoms with E-state index in [0.29, 0.717) is 19.5 Å². The van der Waals surface area contributed by atoms with Crippen LogP contribution in [0.15, 0.2) is 24.3 Å².